The maximum atomic E-state index is 12.1. The molecule has 0 saturated carbocycles. The van der Waals surface area contributed by atoms with E-state index in [0.717, 1.165) is 24.9 Å². The lowest BCUT2D eigenvalue weighted by molar-refractivity contribution is -0.119. The fraction of sp³-hybridized carbons (Fsp3) is 0.533. The number of benzene rings is 1. The standard InChI is InChI=1S/C15H24N2O/c1-4-12-7-6-8-13(5-2)14(12)17-15(18)11(3)9-10-16/h6-8,11H,4-5,9-10,16H2,1-3H3,(H,17,18). The summed E-state index contributed by atoms with van der Waals surface area (Å²) in [6, 6.07) is 6.20. The van der Waals surface area contributed by atoms with Gasteiger partial charge in [0.25, 0.3) is 0 Å². The Kier molecular flexibility index (Phi) is 5.86. The van der Waals surface area contributed by atoms with E-state index >= 15 is 0 Å². The van der Waals surface area contributed by atoms with E-state index in [4.69, 9.17) is 5.73 Å². The number of nitrogens with two attached hydrogens (primary N) is 1. The van der Waals surface area contributed by atoms with Crippen LogP contribution in [0.1, 0.15) is 38.3 Å². The van der Waals surface area contributed by atoms with E-state index in [0.29, 0.717) is 6.54 Å². The molecule has 0 radical (unpaired) electrons. The molecule has 100 valence electrons. The zero-order valence-electron chi connectivity index (χ0n) is 11.6. The number of anilines is 1. The fourth-order valence-electron chi connectivity index (χ4n) is 2.03. The van der Waals surface area contributed by atoms with Crippen LogP contribution in [0.5, 0.6) is 0 Å². The fourth-order valence-corrected chi connectivity index (χ4v) is 2.03. The second-order valence-corrected chi connectivity index (χ2v) is 4.63. The lowest BCUT2D eigenvalue weighted by atomic mass is 10.0. The van der Waals surface area contributed by atoms with Crippen LogP contribution in [-0.2, 0) is 17.6 Å². The number of carbonyl (C=O) groups is 1. The van der Waals surface area contributed by atoms with Crippen LogP contribution in [0.3, 0.4) is 0 Å². The third-order valence-corrected chi connectivity index (χ3v) is 3.29. The van der Waals surface area contributed by atoms with Crippen molar-refractivity contribution < 1.29 is 4.79 Å². The second-order valence-electron chi connectivity index (χ2n) is 4.63. The molecule has 0 aliphatic carbocycles. The van der Waals surface area contributed by atoms with E-state index in [1.54, 1.807) is 0 Å². The third kappa shape index (κ3) is 3.57. The van der Waals surface area contributed by atoms with Crippen molar-refractivity contribution >= 4 is 11.6 Å². The number of para-hydroxylation sites is 1. The molecule has 1 aromatic rings. The van der Waals surface area contributed by atoms with E-state index in [9.17, 15) is 4.79 Å². The topological polar surface area (TPSA) is 55.1 Å². The van der Waals surface area contributed by atoms with E-state index < -0.39 is 0 Å². The quantitative estimate of drug-likeness (QED) is 0.813. The molecule has 0 saturated heterocycles. The lowest BCUT2D eigenvalue weighted by Crippen LogP contribution is -2.24. The van der Waals surface area contributed by atoms with Gasteiger partial charge in [0.1, 0.15) is 0 Å². The number of rotatable bonds is 6. The summed E-state index contributed by atoms with van der Waals surface area (Å²) in [5.41, 5.74) is 8.88. The Morgan fingerprint density at radius 1 is 1.28 bits per heavy atom. The molecule has 1 aromatic carbocycles. The molecule has 0 bridgehead atoms. The smallest absolute Gasteiger partial charge is 0.227 e. The summed E-state index contributed by atoms with van der Waals surface area (Å²) < 4.78 is 0. The first-order valence-electron chi connectivity index (χ1n) is 6.75. The predicted molar refractivity (Wildman–Crippen MR) is 76.7 cm³/mol. The van der Waals surface area contributed by atoms with Gasteiger partial charge in [-0.2, -0.15) is 0 Å². The van der Waals surface area contributed by atoms with Gasteiger partial charge in [0.2, 0.25) is 5.91 Å². The van der Waals surface area contributed by atoms with E-state index in [1.807, 2.05) is 6.92 Å². The van der Waals surface area contributed by atoms with Crippen LogP contribution in [0, 0.1) is 5.92 Å². The number of hydrogen-bond donors (Lipinski definition) is 2. The molecular weight excluding hydrogens is 224 g/mol. The van der Waals surface area contributed by atoms with Gasteiger partial charge in [0.05, 0.1) is 0 Å². The molecule has 3 heteroatoms. The molecule has 3 nitrogen and oxygen atoms in total. The molecule has 0 spiro atoms. The Morgan fingerprint density at radius 2 is 1.83 bits per heavy atom. The summed E-state index contributed by atoms with van der Waals surface area (Å²) in [5, 5.41) is 3.07. The Bertz CT molecular complexity index is 379. The summed E-state index contributed by atoms with van der Waals surface area (Å²) in [6.45, 7) is 6.68. The van der Waals surface area contributed by atoms with E-state index in [-0.39, 0.29) is 11.8 Å². The average molecular weight is 248 g/mol. The Hall–Kier alpha value is -1.35. The maximum Gasteiger partial charge on any atom is 0.227 e. The maximum absolute atomic E-state index is 12.1. The summed E-state index contributed by atoms with van der Waals surface area (Å²) in [5.74, 6) is 0.0284. The highest BCUT2D eigenvalue weighted by Gasteiger charge is 2.15. The van der Waals surface area contributed by atoms with Gasteiger partial charge in [0, 0.05) is 11.6 Å². The number of carbonyl (C=O) groups excluding carboxylic acids is 1. The Labute approximate surface area is 110 Å². The zero-order valence-corrected chi connectivity index (χ0v) is 11.6. The highest BCUT2D eigenvalue weighted by molar-refractivity contribution is 5.93. The van der Waals surface area contributed by atoms with Crippen LogP contribution in [0.15, 0.2) is 18.2 Å². The van der Waals surface area contributed by atoms with Gasteiger partial charge < -0.3 is 11.1 Å². The molecule has 3 N–H and O–H groups in total. The van der Waals surface area contributed by atoms with Crippen LogP contribution < -0.4 is 11.1 Å². The monoisotopic (exact) mass is 248 g/mol. The summed E-state index contributed by atoms with van der Waals surface area (Å²) in [7, 11) is 0. The number of hydrogen-bond acceptors (Lipinski definition) is 2. The number of nitrogens with one attached hydrogen (secondary N) is 1. The normalized spacial score (nSPS) is 12.2. The largest absolute Gasteiger partial charge is 0.330 e. The summed E-state index contributed by atoms with van der Waals surface area (Å²) in [4.78, 5) is 12.1. The highest BCUT2D eigenvalue weighted by atomic mass is 16.1. The zero-order chi connectivity index (χ0) is 13.5. The van der Waals surface area contributed by atoms with Gasteiger partial charge in [-0.05, 0) is 36.9 Å². The van der Waals surface area contributed by atoms with Crippen molar-refractivity contribution in [3.8, 4) is 0 Å². The van der Waals surface area contributed by atoms with Gasteiger partial charge in [-0.1, -0.05) is 39.0 Å². The molecule has 1 rings (SSSR count). The van der Waals surface area contributed by atoms with Crippen LogP contribution >= 0.6 is 0 Å². The van der Waals surface area contributed by atoms with E-state index in [2.05, 4.69) is 37.4 Å². The van der Waals surface area contributed by atoms with Gasteiger partial charge in [-0.3, -0.25) is 4.79 Å². The molecule has 1 amide bonds. The van der Waals surface area contributed by atoms with Crippen molar-refractivity contribution in [2.75, 3.05) is 11.9 Å². The van der Waals surface area contributed by atoms with Gasteiger partial charge in [-0.25, -0.2) is 0 Å². The van der Waals surface area contributed by atoms with Gasteiger partial charge >= 0.3 is 0 Å². The minimum absolute atomic E-state index is 0.0374. The molecule has 0 heterocycles. The molecule has 1 unspecified atom stereocenters. The van der Waals surface area contributed by atoms with Gasteiger partial charge in [0.15, 0.2) is 0 Å². The first kappa shape index (κ1) is 14.7. The van der Waals surface area contributed by atoms with E-state index in [1.165, 1.54) is 11.1 Å². The molecule has 0 aliphatic rings. The first-order valence-corrected chi connectivity index (χ1v) is 6.75. The average Bonchev–Trinajstić information content (AvgIpc) is 2.39. The molecular formula is C15H24N2O. The highest BCUT2D eigenvalue weighted by Crippen LogP contribution is 2.23. The van der Waals surface area contributed by atoms with Crippen molar-refractivity contribution in [2.24, 2.45) is 11.7 Å². The second kappa shape index (κ2) is 7.17. The lowest BCUT2D eigenvalue weighted by Gasteiger charge is -2.17. The summed E-state index contributed by atoms with van der Waals surface area (Å²) >= 11 is 0. The predicted octanol–water partition coefficient (Wildman–Crippen LogP) is 2.73. The van der Waals surface area contributed by atoms with Crippen molar-refractivity contribution in [1.29, 1.82) is 0 Å². The van der Waals surface area contributed by atoms with Crippen LogP contribution in [0.25, 0.3) is 0 Å². The van der Waals surface area contributed by atoms with Crippen LogP contribution in [0.4, 0.5) is 5.69 Å². The third-order valence-electron chi connectivity index (χ3n) is 3.29. The molecule has 0 aliphatic heterocycles. The SMILES string of the molecule is CCc1cccc(CC)c1NC(=O)C(C)CCN. The van der Waals surface area contributed by atoms with Crippen molar-refractivity contribution in [3.05, 3.63) is 29.3 Å². The minimum atomic E-state index is -0.0374. The van der Waals surface area contributed by atoms with Gasteiger partial charge in [-0.15, -0.1) is 0 Å². The van der Waals surface area contributed by atoms with Crippen molar-refractivity contribution in [1.82, 2.24) is 0 Å². The minimum Gasteiger partial charge on any atom is -0.330 e. The Morgan fingerprint density at radius 3 is 2.28 bits per heavy atom. The number of amides is 1. The first-order chi connectivity index (χ1) is 8.63. The molecule has 18 heavy (non-hydrogen) atoms. The Balaban J connectivity index is 2.91. The molecule has 0 fully saturated rings. The molecule has 1 atom stereocenters. The van der Waals surface area contributed by atoms with Crippen LogP contribution in [0.2, 0.25) is 0 Å². The van der Waals surface area contributed by atoms with Crippen LogP contribution in [-0.4, -0.2) is 12.5 Å². The number of aryl methyl sites for hydroxylation is 2. The van der Waals surface area contributed by atoms with Crippen molar-refractivity contribution in [3.63, 3.8) is 0 Å². The summed E-state index contributed by atoms with van der Waals surface area (Å²) in [6.07, 6.45) is 2.57. The van der Waals surface area contributed by atoms with Crippen molar-refractivity contribution in [2.45, 2.75) is 40.0 Å². The molecule has 0 aromatic heterocycles.